The van der Waals surface area contributed by atoms with Crippen LogP contribution in [0.3, 0.4) is 0 Å². The number of amides is 2. The molecule has 0 aromatic carbocycles. The minimum Gasteiger partial charge on any atom is -0.456 e. The van der Waals surface area contributed by atoms with E-state index in [2.05, 4.69) is 11.8 Å². The van der Waals surface area contributed by atoms with Crippen molar-refractivity contribution in [3.63, 3.8) is 0 Å². The van der Waals surface area contributed by atoms with E-state index in [1.807, 2.05) is 26.0 Å². The molecule has 0 aromatic rings. The molecule has 1 radical (unpaired) electrons. The summed E-state index contributed by atoms with van der Waals surface area (Å²) < 4.78 is 35.8. The number of carbonyl (C=O) groups excluding carboxylic acids is 5. The summed E-state index contributed by atoms with van der Waals surface area (Å²) in [7, 11) is 6.27. The maximum Gasteiger partial charge on any atom is 0.410 e. The van der Waals surface area contributed by atoms with Gasteiger partial charge in [-0.1, -0.05) is 50.6 Å². The fourth-order valence-corrected chi connectivity index (χ4v) is 12.0. The van der Waals surface area contributed by atoms with Gasteiger partial charge in [0.2, 0.25) is 5.78 Å². The number of aliphatic hydroxyl groups is 3. The SMILES string of the molecule is CO[C@H]1C[C@@H](C)C/C(C)=C/[C@@H](C/C=C/CO)C(=O)C[C@H](O)[C@@H](C)[C@@H](/C(C)=C/[C@@H]2CC[C@@H](OC(=O)N3CC(N4CCOCC4)C3)[C@H](OC)C2)OC(=O)[C@@H]2CCCCN2C(=O)C(=O)[C@]2(O)[B][C@H]1[C@@H](OC)C[C@H]2C. The number of nitrogens with zero attached hydrogens (tertiary/aromatic N) is 3. The van der Waals surface area contributed by atoms with Gasteiger partial charge in [-0.25, -0.2) is 9.59 Å². The Bertz CT molecular complexity index is 1920. The summed E-state index contributed by atoms with van der Waals surface area (Å²) >= 11 is 0. The zero-order valence-electron chi connectivity index (χ0n) is 43.6. The first-order chi connectivity index (χ1) is 33.9. The van der Waals surface area contributed by atoms with Crippen LogP contribution in [0, 0.1) is 29.6 Å². The van der Waals surface area contributed by atoms with Crippen LogP contribution in [-0.4, -0.2) is 195 Å². The number of methoxy groups -OCH3 is 3. The summed E-state index contributed by atoms with van der Waals surface area (Å²) in [5, 5.41) is 33.9. The van der Waals surface area contributed by atoms with E-state index in [1.165, 1.54) is 12.2 Å². The number of aliphatic hydroxyl groups excluding tert-OH is 2. The first kappa shape index (κ1) is 56.8. The lowest BCUT2D eigenvalue weighted by molar-refractivity contribution is -0.167. The first-order valence-electron chi connectivity index (χ1n) is 26.2. The van der Waals surface area contributed by atoms with Gasteiger partial charge in [0.05, 0.1) is 44.2 Å². The molecule has 5 heterocycles. The third kappa shape index (κ3) is 14.0. The number of likely N-dealkylation sites (tertiary alicyclic amines) is 1. The number of Topliss-reactive ketones (excluding diaryl/α,β-unsaturated/α-hetero) is 2. The molecule has 0 unspecified atom stereocenters. The topological polar surface area (TPSA) is 211 Å². The van der Waals surface area contributed by atoms with E-state index in [0.717, 1.165) is 18.7 Å². The molecule has 0 aromatic heterocycles. The molecule has 5 aliphatic heterocycles. The maximum atomic E-state index is 14.6. The maximum absolute atomic E-state index is 14.6. The van der Waals surface area contributed by atoms with Gasteiger partial charge in [-0.15, -0.1) is 0 Å². The average Bonchev–Trinajstić information content (AvgIpc) is 3.34. The minimum absolute atomic E-state index is 0.0200. The Kier molecular flexibility index (Phi) is 20.9. The number of cyclic esters (lactones) is 1. The van der Waals surface area contributed by atoms with E-state index in [0.29, 0.717) is 89.3 Å². The van der Waals surface area contributed by atoms with Crippen molar-refractivity contribution in [2.24, 2.45) is 29.6 Å². The van der Waals surface area contributed by atoms with Gasteiger partial charge in [0.25, 0.3) is 5.91 Å². The van der Waals surface area contributed by atoms with Gasteiger partial charge in [0.1, 0.15) is 29.5 Å². The second-order valence-electron chi connectivity index (χ2n) is 21.5. The number of rotatable bonds is 10. The lowest BCUT2D eigenvalue weighted by atomic mass is 9.39. The fourth-order valence-electron chi connectivity index (χ4n) is 12.0. The smallest absolute Gasteiger partial charge is 0.410 e. The van der Waals surface area contributed by atoms with E-state index in [4.69, 9.17) is 28.4 Å². The molecular weight excluding hydrogens is 913 g/mol. The third-order valence-electron chi connectivity index (χ3n) is 16.4. The molecule has 71 heavy (non-hydrogen) atoms. The number of ketones is 2. The van der Waals surface area contributed by atoms with Crippen molar-refractivity contribution in [3.05, 3.63) is 35.5 Å². The Morgan fingerprint density at radius 2 is 1.58 bits per heavy atom. The van der Waals surface area contributed by atoms with Crippen LogP contribution in [0.5, 0.6) is 0 Å². The third-order valence-corrected chi connectivity index (χ3v) is 16.4. The van der Waals surface area contributed by atoms with Crippen molar-refractivity contribution in [2.75, 3.05) is 73.9 Å². The standard InChI is InChI=1S/C53H83BN3O14/c1-32-23-33(2)25-45(67-7)47-46(68-8)27-35(4)53(65,54-47)49(61)50(62)57-17-11-9-14-40(57)51(63)71-48(36(5)41(59)29-42(60)38(24-32)13-10-12-20-58)34(3)26-37-15-16-43(44(28-37)66-6)70-52(64)56-30-39(31-56)55-18-21-69-22-19-55/h10,12,24,26,33,35-41,43-48,58-59,65H,9,11,13-23,25,27-31H2,1-8H3/b12-10+,32-24+,34-26+/t33-,35+,36+,37-,38+,40-,41-,43+,44+,45-,46-,47+,48+,53-/m0/s1. The minimum atomic E-state index is -2.17. The highest BCUT2D eigenvalue weighted by atomic mass is 16.6. The van der Waals surface area contributed by atoms with Gasteiger partial charge in [0.15, 0.2) is 7.28 Å². The predicted octanol–water partition coefficient (Wildman–Crippen LogP) is 4.27. The summed E-state index contributed by atoms with van der Waals surface area (Å²) in [4.78, 5) is 76.5. The molecular formula is C53H83BN3O14. The zero-order chi connectivity index (χ0) is 51.6. The molecule has 14 atom stereocenters. The molecule has 18 heteroatoms. The van der Waals surface area contributed by atoms with E-state index in [1.54, 1.807) is 52.2 Å². The Morgan fingerprint density at radius 3 is 2.25 bits per heavy atom. The zero-order valence-corrected chi connectivity index (χ0v) is 43.6. The molecule has 6 rings (SSSR count). The molecule has 6 aliphatic rings. The Morgan fingerprint density at radius 1 is 0.887 bits per heavy atom. The number of fused-ring (bicyclic) bond motifs is 3. The number of morpholine rings is 1. The molecule has 1 aliphatic carbocycles. The van der Waals surface area contributed by atoms with E-state index in [-0.39, 0.29) is 56.1 Å². The number of allylic oxidation sites excluding steroid dienone is 4. The van der Waals surface area contributed by atoms with Crippen LogP contribution >= 0.6 is 0 Å². The molecule has 2 bridgehead atoms. The Labute approximate surface area is 422 Å². The van der Waals surface area contributed by atoms with Crippen molar-refractivity contribution in [1.29, 1.82) is 0 Å². The summed E-state index contributed by atoms with van der Waals surface area (Å²) in [6.07, 6.45) is 7.28. The monoisotopic (exact) mass is 997 g/mol. The largest absolute Gasteiger partial charge is 0.456 e. The predicted molar refractivity (Wildman–Crippen MR) is 265 cm³/mol. The number of piperidine rings is 1. The van der Waals surface area contributed by atoms with Crippen molar-refractivity contribution >= 4 is 36.8 Å². The lowest BCUT2D eigenvalue weighted by Crippen LogP contribution is -2.64. The van der Waals surface area contributed by atoms with Crippen LogP contribution < -0.4 is 0 Å². The van der Waals surface area contributed by atoms with Gasteiger partial charge in [-0.05, 0) is 107 Å². The second kappa shape index (κ2) is 26.1. The van der Waals surface area contributed by atoms with Gasteiger partial charge in [-0.3, -0.25) is 19.3 Å². The van der Waals surface area contributed by atoms with Crippen LogP contribution in [0.25, 0.3) is 0 Å². The molecule has 17 nitrogen and oxygen atoms in total. The van der Waals surface area contributed by atoms with E-state index in [9.17, 15) is 39.3 Å². The van der Waals surface area contributed by atoms with Crippen molar-refractivity contribution in [3.8, 4) is 0 Å². The number of ether oxygens (including phenoxy) is 6. The molecule has 4 saturated heterocycles. The molecule has 5 fully saturated rings. The lowest BCUT2D eigenvalue weighted by Gasteiger charge is -2.47. The molecule has 3 N–H and O–H groups in total. The average molecular weight is 997 g/mol. The van der Waals surface area contributed by atoms with Gasteiger partial charge < -0.3 is 53.5 Å². The van der Waals surface area contributed by atoms with E-state index < -0.39 is 89.4 Å². The second-order valence-corrected chi connectivity index (χ2v) is 21.5. The highest BCUT2D eigenvalue weighted by Gasteiger charge is 2.56. The van der Waals surface area contributed by atoms with Crippen molar-refractivity contribution < 1.29 is 67.7 Å². The quantitative estimate of drug-likeness (QED) is 0.121. The molecule has 0 spiro atoms. The van der Waals surface area contributed by atoms with Crippen LogP contribution in [-0.2, 0) is 47.6 Å². The highest BCUT2D eigenvalue weighted by molar-refractivity contribution is 6.58. The van der Waals surface area contributed by atoms with Crippen LogP contribution in [0.2, 0.25) is 5.82 Å². The fraction of sp³-hybridized carbons (Fsp3) is 0.792. The number of hydrogen-bond acceptors (Lipinski definition) is 15. The highest BCUT2D eigenvalue weighted by Crippen LogP contribution is 2.42. The normalized spacial score (nSPS) is 38.0. The molecule has 397 valence electrons. The number of hydrogen-bond donors (Lipinski definition) is 3. The number of esters is 1. The molecule has 1 saturated carbocycles. The van der Waals surface area contributed by atoms with E-state index >= 15 is 0 Å². The summed E-state index contributed by atoms with van der Waals surface area (Å²) in [6.45, 7) is 13.5. The summed E-state index contributed by atoms with van der Waals surface area (Å²) in [5.41, 5.74) is -0.604. The van der Waals surface area contributed by atoms with Crippen LogP contribution in [0.1, 0.15) is 105 Å². The van der Waals surface area contributed by atoms with Crippen molar-refractivity contribution in [2.45, 2.75) is 165 Å². The summed E-state index contributed by atoms with van der Waals surface area (Å²) in [5.74, 6) is -5.71. The van der Waals surface area contributed by atoms with Crippen LogP contribution in [0.4, 0.5) is 4.79 Å². The Balaban J connectivity index is 1.27. The van der Waals surface area contributed by atoms with Gasteiger partial charge in [0, 0.05) is 78.4 Å². The summed E-state index contributed by atoms with van der Waals surface area (Å²) in [6, 6.07) is -0.857. The van der Waals surface area contributed by atoms with Gasteiger partial charge >= 0.3 is 12.1 Å². The van der Waals surface area contributed by atoms with Gasteiger partial charge in [-0.2, -0.15) is 0 Å². The first-order valence-corrected chi connectivity index (χ1v) is 26.2. The van der Waals surface area contributed by atoms with Crippen LogP contribution in [0.15, 0.2) is 35.5 Å². The number of carbonyl (C=O) groups is 5. The molecule has 2 amide bonds. The Hall–Kier alpha value is -3.49. The van der Waals surface area contributed by atoms with Crippen molar-refractivity contribution in [1.82, 2.24) is 14.7 Å².